The number of amides is 4. The Morgan fingerprint density at radius 2 is 1.91 bits per heavy atom. The van der Waals surface area contributed by atoms with Crippen molar-refractivity contribution in [1.29, 1.82) is 5.26 Å². The third kappa shape index (κ3) is 7.15. The fourth-order valence-electron chi connectivity index (χ4n) is 5.54. The normalized spacial score (nSPS) is 17.8. The number of urea groups is 1. The Labute approximate surface area is 272 Å². The maximum Gasteiger partial charge on any atom is 0.327 e. The smallest absolute Gasteiger partial charge is 0.327 e. The van der Waals surface area contributed by atoms with Crippen molar-refractivity contribution < 1.29 is 37.1 Å². The number of nitrogens with one attached hydrogen (secondary N) is 1. The van der Waals surface area contributed by atoms with Gasteiger partial charge in [0.05, 0.1) is 24.8 Å². The second kappa shape index (κ2) is 13.7. The van der Waals surface area contributed by atoms with E-state index in [2.05, 4.69) is 10.3 Å². The van der Waals surface area contributed by atoms with Crippen molar-refractivity contribution >= 4 is 46.9 Å². The molecule has 2 heterocycles. The van der Waals surface area contributed by atoms with Gasteiger partial charge in [-0.15, -0.1) is 0 Å². The molecule has 3 aromatic rings. The number of nitriles is 1. The Morgan fingerprint density at radius 3 is 2.57 bits per heavy atom. The molecule has 47 heavy (non-hydrogen) atoms. The molecular weight excluding hydrogens is 641 g/mol. The van der Waals surface area contributed by atoms with Crippen molar-refractivity contribution in [2.45, 2.75) is 43.8 Å². The van der Waals surface area contributed by atoms with Crippen LogP contribution in [0.2, 0.25) is 5.02 Å². The van der Waals surface area contributed by atoms with E-state index >= 15 is 0 Å². The van der Waals surface area contributed by atoms with Crippen LogP contribution in [0.15, 0.2) is 66.9 Å². The van der Waals surface area contributed by atoms with E-state index in [-0.39, 0.29) is 34.3 Å². The lowest BCUT2D eigenvalue weighted by Gasteiger charge is -2.39. The first-order valence-electron chi connectivity index (χ1n) is 14.5. The van der Waals surface area contributed by atoms with Gasteiger partial charge in [-0.3, -0.25) is 24.2 Å². The quantitative estimate of drug-likeness (QED) is 0.312. The third-order valence-corrected chi connectivity index (χ3v) is 8.02. The van der Waals surface area contributed by atoms with Gasteiger partial charge in [0.1, 0.15) is 30.3 Å². The van der Waals surface area contributed by atoms with Gasteiger partial charge in [-0.1, -0.05) is 35.9 Å². The van der Waals surface area contributed by atoms with E-state index in [1.165, 1.54) is 42.6 Å². The predicted octanol–water partition coefficient (Wildman–Crippen LogP) is 4.61. The standard InChI is InChI=1S/C32H28ClF3N6O5/c1-2-47-27(43)18-40-17-25(42(31(40)46)26-12-19(16-37)10-11-38-26)30(45)41(22-7-5-6-20(34)13-22)28(23-8-3-4-9-24(23)33)29(44)39-21-14-32(35,36)15-21/h3-13,21,25,28H,2,14-15,17-18H2,1H3,(H,39,44)/t25-,28?/m0/s1. The maximum absolute atomic E-state index is 14.8. The van der Waals surface area contributed by atoms with Gasteiger partial charge in [0.2, 0.25) is 5.91 Å². The molecule has 11 nitrogen and oxygen atoms in total. The van der Waals surface area contributed by atoms with Gasteiger partial charge in [0.15, 0.2) is 0 Å². The predicted molar refractivity (Wildman–Crippen MR) is 163 cm³/mol. The number of alkyl halides is 2. The van der Waals surface area contributed by atoms with Crippen LogP contribution in [0, 0.1) is 17.1 Å². The van der Waals surface area contributed by atoms with Crippen molar-refractivity contribution in [2.75, 3.05) is 29.5 Å². The minimum Gasteiger partial charge on any atom is -0.465 e. The van der Waals surface area contributed by atoms with Gasteiger partial charge < -0.3 is 15.0 Å². The fraction of sp³-hybridized carbons (Fsp3) is 0.312. The Balaban J connectivity index is 1.63. The molecule has 1 saturated carbocycles. The first-order valence-corrected chi connectivity index (χ1v) is 14.9. The highest BCUT2D eigenvalue weighted by Gasteiger charge is 2.50. The molecule has 2 fully saturated rings. The Bertz CT molecular complexity index is 1750. The number of halogens is 4. The molecule has 0 radical (unpaired) electrons. The number of rotatable bonds is 10. The van der Waals surface area contributed by atoms with Gasteiger partial charge >= 0.3 is 12.0 Å². The van der Waals surface area contributed by atoms with Crippen molar-refractivity contribution in [3.63, 3.8) is 0 Å². The second-order valence-electron chi connectivity index (χ2n) is 11.0. The number of nitrogens with zero attached hydrogens (tertiary/aromatic N) is 5. The molecule has 1 aliphatic heterocycles. The van der Waals surface area contributed by atoms with Crippen molar-refractivity contribution in [2.24, 2.45) is 0 Å². The van der Waals surface area contributed by atoms with E-state index in [1.54, 1.807) is 19.1 Å². The van der Waals surface area contributed by atoms with Crippen LogP contribution in [0.3, 0.4) is 0 Å². The maximum atomic E-state index is 14.8. The zero-order valence-electron chi connectivity index (χ0n) is 24.9. The van der Waals surface area contributed by atoms with Crippen LogP contribution in [0.25, 0.3) is 0 Å². The van der Waals surface area contributed by atoms with Crippen LogP contribution < -0.4 is 15.1 Å². The number of hydrogen-bond donors (Lipinski definition) is 1. The molecule has 2 aromatic carbocycles. The summed E-state index contributed by atoms with van der Waals surface area (Å²) in [7, 11) is 0. The molecule has 1 unspecified atom stereocenters. The molecule has 4 amide bonds. The van der Waals surface area contributed by atoms with E-state index in [1.807, 2.05) is 6.07 Å². The zero-order chi connectivity index (χ0) is 33.9. The number of anilines is 2. The Kier molecular flexibility index (Phi) is 9.67. The summed E-state index contributed by atoms with van der Waals surface area (Å²) in [6.45, 7) is 0.691. The number of pyridine rings is 1. The number of aromatic nitrogens is 1. The largest absolute Gasteiger partial charge is 0.465 e. The third-order valence-electron chi connectivity index (χ3n) is 7.68. The number of ether oxygens (including phenoxy) is 1. The molecular formula is C32H28ClF3N6O5. The summed E-state index contributed by atoms with van der Waals surface area (Å²) in [5, 5.41) is 12.1. The summed E-state index contributed by atoms with van der Waals surface area (Å²) in [4.78, 5) is 62.2. The van der Waals surface area contributed by atoms with Crippen LogP contribution in [0.4, 0.5) is 29.5 Å². The number of esters is 1. The van der Waals surface area contributed by atoms with E-state index in [0.717, 1.165) is 26.8 Å². The fourth-order valence-corrected chi connectivity index (χ4v) is 5.78. The summed E-state index contributed by atoms with van der Waals surface area (Å²) in [6.07, 6.45) is 0.0302. The average molecular weight is 669 g/mol. The number of carbonyl (C=O) groups excluding carboxylic acids is 4. The van der Waals surface area contributed by atoms with Crippen LogP contribution >= 0.6 is 11.6 Å². The lowest BCUT2D eigenvalue weighted by Crippen LogP contribution is -2.56. The summed E-state index contributed by atoms with van der Waals surface area (Å²) >= 11 is 6.53. The number of hydrogen-bond acceptors (Lipinski definition) is 7. The minimum absolute atomic E-state index is 0.0353. The number of carbonyl (C=O) groups is 4. The molecule has 1 N–H and O–H groups in total. The van der Waals surface area contributed by atoms with E-state index < -0.39 is 79.6 Å². The van der Waals surface area contributed by atoms with Crippen LogP contribution in [0.1, 0.15) is 36.9 Å². The minimum atomic E-state index is -2.96. The summed E-state index contributed by atoms with van der Waals surface area (Å²) in [6, 6.07) is 10.6. The van der Waals surface area contributed by atoms with E-state index in [0.29, 0.717) is 0 Å². The van der Waals surface area contributed by atoms with Crippen LogP contribution in [-0.4, -0.2) is 71.4 Å². The second-order valence-corrected chi connectivity index (χ2v) is 11.4. The molecule has 5 rings (SSSR count). The summed E-state index contributed by atoms with van der Waals surface area (Å²) in [5.41, 5.74) is 0.105. The SMILES string of the molecule is CCOC(=O)CN1C[C@@H](C(=O)N(c2cccc(F)c2)C(C(=O)NC2CC(F)(F)C2)c2ccccc2Cl)N(c2cc(C#N)ccn2)C1=O. The molecule has 0 bridgehead atoms. The monoisotopic (exact) mass is 668 g/mol. The summed E-state index contributed by atoms with van der Waals surface area (Å²) in [5.74, 6) is -6.37. The highest BCUT2D eigenvalue weighted by molar-refractivity contribution is 6.31. The molecule has 244 valence electrons. The Morgan fingerprint density at radius 1 is 1.17 bits per heavy atom. The molecule has 1 aliphatic carbocycles. The van der Waals surface area contributed by atoms with Crippen molar-refractivity contribution in [3.05, 3.63) is 88.8 Å². The topological polar surface area (TPSA) is 136 Å². The molecule has 2 atom stereocenters. The van der Waals surface area contributed by atoms with Gasteiger partial charge in [-0.2, -0.15) is 5.26 Å². The molecule has 1 aromatic heterocycles. The highest BCUT2D eigenvalue weighted by atomic mass is 35.5. The van der Waals surface area contributed by atoms with Crippen LogP contribution in [-0.2, 0) is 19.1 Å². The molecule has 15 heteroatoms. The van der Waals surface area contributed by atoms with Gasteiger partial charge in [-0.05, 0) is 43.3 Å². The van der Waals surface area contributed by atoms with Gasteiger partial charge in [0, 0.05) is 41.4 Å². The summed E-state index contributed by atoms with van der Waals surface area (Å²) < 4.78 is 47.2. The lowest BCUT2D eigenvalue weighted by molar-refractivity contribution is -0.143. The molecule has 2 aliphatic rings. The van der Waals surface area contributed by atoms with Gasteiger partial charge in [0.25, 0.3) is 11.8 Å². The lowest BCUT2D eigenvalue weighted by atomic mass is 9.87. The number of benzene rings is 2. The van der Waals surface area contributed by atoms with E-state index in [4.69, 9.17) is 16.3 Å². The first-order chi connectivity index (χ1) is 22.4. The molecule has 1 saturated heterocycles. The first kappa shape index (κ1) is 33.2. The van der Waals surface area contributed by atoms with Crippen molar-refractivity contribution in [3.8, 4) is 6.07 Å². The average Bonchev–Trinajstić information content (AvgIpc) is 3.34. The Hall–Kier alpha value is -5.16. The van der Waals surface area contributed by atoms with E-state index in [9.17, 15) is 37.6 Å². The van der Waals surface area contributed by atoms with Gasteiger partial charge in [-0.25, -0.2) is 22.9 Å². The van der Waals surface area contributed by atoms with Crippen molar-refractivity contribution in [1.82, 2.24) is 15.2 Å². The van der Waals surface area contributed by atoms with Crippen LogP contribution in [0.5, 0.6) is 0 Å². The highest BCUT2D eigenvalue weighted by Crippen LogP contribution is 2.39. The molecule has 0 spiro atoms. The zero-order valence-corrected chi connectivity index (χ0v) is 25.7.